The van der Waals surface area contributed by atoms with Crippen LogP contribution in [0.15, 0.2) is 48.5 Å². The Hall–Kier alpha value is -1.96. The van der Waals surface area contributed by atoms with Gasteiger partial charge in [0.1, 0.15) is 11.5 Å². The Morgan fingerprint density at radius 2 is 1.15 bits per heavy atom. The Labute approximate surface area is 121 Å². The van der Waals surface area contributed by atoms with Crippen LogP contribution in [0, 0.1) is 0 Å². The van der Waals surface area contributed by atoms with Gasteiger partial charge in [-0.3, -0.25) is 0 Å². The molecule has 0 saturated carbocycles. The molecule has 0 heterocycles. The number of rotatable bonds is 4. The molecule has 0 aliphatic carbocycles. The van der Waals surface area contributed by atoms with Gasteiger partial charge in [-0.1, -0.05) is 44.5 Å². The summed E-state index contributed by atoms with van der Waals surface area (Å²) < 4.78 is 0. The van der Waals surface area contributed by atoms with Gasteiger partial charge in [-0.2, -0.15) is 0 Å². The number of benzene rings is 2. The molecule has 2 aromatic carbocycles. The maximum absolute atomic E-state index is 8.98. The zero-order valence-electron chi connectivity index (χ0n) is 12.3. The van der Waals surface area contributed by atoms with E-state index in [4.69, 9.17) is 10.2 Å². The maximum atomic E-state index is 8.98. The first kappa shape index (κ1) is 16.1. The van der Waals surface area contributed by atoms with E-state index in [1.807, 2.05) is 24.3 Å². The van der Waals surface area contributed by atoms with Crippen molar-refractivity contribution >= 4 is 0 Å². The average molecular weight is 272 g/mol. The molecule has 0 fully saturated rings. The molecule has 2 N–H and O–H groups in total. The Morgan fingerprint density at radius 1 is 0.700 bits per heavy atom. The lowest BCUT2D eigenvalue weighted by molar-refractivity contribution is 0.474. The molecule has 2 heteroatoms. The monoisotopic (exact) mass is 272 g/mol. The summed E-state index contributed by atoms with van der Waals surface area (Å²) in [6.07, 6.45) is 4.60. The van der Waals surface area contributed by atoms with Crippen LogP contribution in [0.25, 0.3) is 0 Å². The highest BCUT2D eigenvalue weighted by Gasteiger charge is 1.91. The molecule has 0 amide bonds. The second-order valence-corrected chi connectivity index (χ2v) is 4.79. The van der Waals surface area contributed by atoms with Crippen molar-refractivity contribution in [3.8, 4) is 11.5 Å². The average Bonchev–Trinajstić information content (AvgIpc) is 2.48. The van der Waals surface area contributed by atoms with Crippen molar-refractivity contribution in [1.29, 1.82) is 0 Å². The molecule has 0 radical (unpaired) electrons. The molecule has 0 aromatic heterocycles. The Bertz CT molecular complexity index is 472. The van der Waals surface area contributed by atoms with Crippen LogP contribution in [0.5, 0.6) is 11.5 Å². The predicted octanol–water partition coefficient (Wildman–Crippen LogP) is 4.69. The first-order chi connectivity index (χ1) is 9.65. The van der Waals surface area contributed by atoms with Crippen molar-refractivity contribution in [2.75, 3.05) is 0 Å². The third kappa shape index (κ3) is 6.28. The molecule has 2 nitrogen and oxygen atoms in total. The molecular formula is C18H24O2. The van der Waals surface area contributed by atoms with E-state index in [9.17, 15) is 0 Å². The van der Waals surface area contributed by atoms with Gasteiger partial charge >= 0.3 is 0 Å². The number of hydrogen-bond donors (Lipinski definition) is 2. The van der Waals surface area contributed by atoms with E-state index in [1.165, 1.54) is 24.0 Å². The molecule has 108 valence electrons. The van der Waals surface area contributed by atoms with E-state index in [-0.39, 0.29) is 0 Å². The Balaban J connectivity index is 0.000000204. The highest BCUT2D eigenvalue weighted by atomic mass is 16.3. The fourth-order valence-corrected chi connectivity index (χ4v) is 1.78. The van der Waals surface area contributed by atoms with E-state index in [0.29, 0.717) is 11.5 Å². The molecule has 0 saturated heterocycles. The van der Waals surface area contributed by atoms with Gasteiger partial charge in [0.2, 0.25) is 0 Å². The SMILES string of the molecule is CCCCc1ccc(O)cc1.CCc1ccc(O)cc1. The minimum Gasteiger partial charge on any atom is -0.508 e. The van der Waals surface area contributed by atoms with Gasteiger partial charge in [-0.25, -0.2) is 0 Å². The molecule has 2 rings (SSSR count). The van der Waals surface area contributed by atoms with Crippen molar-refractivity contribution in [1.82, 2.24) is 0 Å². The number of phenols is 2. The second-order valence-electron chi connectivity index (χ2n) is 4.79. The number of unbranched alkanes of at least 4 members (excludes halogenated alkanes) is 1. The van der Waals surface area contributed by atoms with Gasteiger partial charge < -0.3 is 10.2 Å². The standard InChI is InChI=1S/C10H14O.C8H10O/c1-2-3-4-9-5-7-10(11)8-6-9;1-2-7-3-5-8(9)6-4-7/h5-8,11H,2-4H2,1H3;3-6,9H,2H2,1H3. The van der Waals surface area contributed by atoms with Gasteiger partial charge in [-0.05, 0) is 54.7 Å². The van der Waals surface area contributed by atoms with E-state index >= 15 is 0 Å². The minimum absolute atomic E-state index is 0.340. The van der Waals surface area contributed by atoms with Crippen LogP contribution in [-0.2, 0) is 12.8 Å². The first-order valence-electron chi connectivity index (χ1n) is 7.21. The summed E-state index contributed by atoms with van der Waals surface area (Å²) in [4.78, 5) is 0. The molecule has 0 unspecified atom stereocenters. The van der Waals surface area contributed by atoms with Gasteiger partial charge in [0.05, 0.1) is 0 Å². The van der Waals surface area contributed by atoms with E-state index in [2.05, 4.69) is 13.8 Å². The molecule has 0 spiro atoms. The quantitative estimate of drug-likeness (QED) is 0.847. The molecule has 20 heavy (non-hydrogen) atoms. The van der Waals surface area contributed by atoms with Crippen LogP contribution in [0.3, 0.4) is 0 Å². The third-order valence-electron chi connectivity index (χ3n) is 3.10. The predicted molar refractivity (Wildman–Crippen MR) is 84.2 cm³/mol. The van der Waals surface area contributed by atoms with E-state index in [0.717, 1.165) is 12.8 Å². The van der Waals surface area contributed by atoms with Gasteiger partial charge in [0.15, 0.2) is 0 Å². The molecule has 0 aliphatic heterocycles. The van der Waals surface area contributed by atoms with Crippen LogP contribution in [0.1, 0.15) is 37.8 Å². The molecule has 2 aromatic rings. The summed E-state index contributed by atoms with van der Waals surface area (Å²) in [5.41, 5.74) is 2.57. The third-order valence-corrected chi connectivity index (χ3v) is 3.10. The van der Waals surface area contributed by atoms with Crippen molar-refractivity contribution in [2.45, 2.75) is 39.5 Å². The maximum Gasteiger partial charge on any atom is 0.115 e. The largest absolute Gasteiger partial charge is 0.508 e. The smallest absolute Gasteiger partial charge is 0.115 e. The zero-order chi connectivity index (χ0) is 14.8. The van der Waals surface area contributed by atoms with Gasteiger partial charge in [0.25, 0.3) is 0 Å². The van der Waals surface area contributed by atoms with Crippen molar-refractivity contribution < 1.29 is 10.2 Å². The lowest BCUT2D eigenvalue weighted by Gasteiger charge is -1.98. The Kier molecular flexibility index (Phi) is 7.26. The first-order valence-corrected chi connectivity index (χ1v) is 7.21. The molecular weight excluding hydrogens is 248 g/mol. The summed E-state index contributed by atoms with van der Waals surface area (Å²) in [6.45, 7) is 4.27. The summed E-state index contributed by atoms with van der Waals surface area (Å²) in [5, 5.41) is 17.8. The van der Waals surface area contributed by atoms with Crippen LogP contribution in [0.4, 0.5) is 0 Å². The van der Waals surface area contributed by atoms with Crippen LogP contribution < -0.4 is 0 Å². The molecule has 0 aliphatic rings. The number of aromatic hydroxyl groups is 2. The summed E-state index contributed by atoms with van der Waals surface area (Å²) in [5.74, 6) is 0.692. The lowest BCUT2D eigenvalue weighted by atomic mass is 10.1. The van der Waals surface area contributed by atoms with Gasteiger partial charge in [-0.15, -0.1) is 0 Å². The fraction of sp³-hybridized carbons (Fsp3) is 0.333. The highest BCUT2D eigenvalue weighted by molar-refractivity contribution is 5.26. The fourth-order valence-electron chi connectivity index (χ4n) is 1.78. The number of aryl methyl sites for hydroxylation is 2. The van der Waals surface area contributed by atoms with Crippen LogP contribution in [-0.4, -0.2) is 10.2 Å². The normalized spacial score (nSPS) is 9.70. The van der Waals surface area contributed by atoms with Crippen molar-refractivity contribution in [3.63, 3.8) is 0 Å². The van der Waals surface area contributed by atoms with E-state index < -0.39 is 0 Å². The number of hydrogen-bond acceptors (Lipinski definition) is 2. The lowest BCUT2D eigenvalue weighted by Crippen LogP contribution is -1.82. The second kappa shape index (κ2) is 9.03. The van der Waals surface area contributed by atoms with Crippen LogP contribution >= 0.6 is 0 Å². The summed E-state index contributed by atoms with van der Waals surface area (Å²) in [6, 6.07) is 14.7. The zero-order valence-corrected chi connectivity index (χ0v) is 12.3. The minimum atomic E-state index is 0.340. The van der Waals surface area contributed by atoms with Crippen molar-refractivity contribution in [3.05, 3.63) is 59.7 Å². The number of phenolic OH excluding ortho intramolecular Hbond substituents is 2. The van der Waals surface area contributed by atoms with Crippen LogP contribution in [0.2, 0.25) is 0 Å². The molecule has 0 atom stereocenters. The van der Waals surface area contributed by atoms with E-state index in [1.54, 1.807) is 24.3 Å². The summed E-state index contributed by atoms with van der Waals surface area (Å²) >= 11 is 0. The molecule has 0 bridgehead atoms. The highest BCUT2D eigenvalue weighted by Crippen LogP contribution is 2.11. The van der Waals surface area contributed by atoms with Crippen molar-refractivity contribution in [2.24, 2.45) is 0 Å². The summed E-state index contributed by atoms with van der Waals surface area (Å²) in [7, 11) is 0. The Morgan fingerprint density at radius 3 is 1.55 bits per heavy atom. The topological polar surface area (TPSA) is 40.5 Å². The van der Waals surface area contributed by atoms with Gasteiger partial charge in [0, 0.05) is 0 Å².